The van der Waals surface area contributed by atoms with Gasteiger partial charge in [0, 0.05) is 27.8 Å². The van der Waals surface area contributed by atoms with Crippen LogP contribution in [0, 0.1) is 0 Å². The molecule has 242 valence electrons. The van der Waals surface area contributed by atoms with E-state index in [2.05, 4.69) is 15.0 Å². The number of nitrogens with zero attached hydrogens (tertiary/aromatic N) is 4. The Morgan fingerprint density at radius 3 is 1.62 bits per heavy atom. The predicted octanol–water partition coefficient (Wildman–Crippen LogP) is 11.8. The maximum Gasteiger partial charge on any atom is 0.238 e. The molecule has 4 heteroatoms. The Kier molecular flexibility index (Phi) is 2.76. The van der Waals surface area contributed by atoms with Crippen LogP contribution in [0.4, 0.5) is 0 Å². The molecular formula is C48H30N4. The molecule has 0 atom stereocenters. The van der Waals surface area contributed by atoms with E-state index in [-0.39, 0.29) is 0 Å². The first kappa shape index (κ1) is 12.7. The van der Waals surface area contributed by atoms with Crippen molar-refractivity contribution in [3.8, 4) is 39.9 Å². The van der Waals surface area contributed by atoms with Crippen LogP contribution in [0.5, 0.6) is 0 Å². The van der Waals surface area contributed by atoms with Gasteiger partial charge in [-0.3, -0.25) is 4.57 Å². The molecule has 0 amide bonds. The summed E-state index contributed by atoms with van der Waals surface area (Å²) in [5.41, 5.74) is -4.98. The lowest BCUT2D eigenvalue weighted by atomic mass is 9.86. The first-order chi connectivity index (χ1) is 37.4. The van der Waals surface area contributed by atoms with Crippen molar-refractivity contribution in [2.45, 2.75) is 5.92 Å². The van der Waals surface area contributed by atoms with Crippen molar-refractivity contribution >= 4 is 43.4 Å². The van der Waals surface area contributed by atoms with Crippen LogP contribution < -0.4 is 0 Å². The lowest BCUT2D eigenvalue weighted by Gasteiger charge is -2.19. The summed E-state index contributed by atoms with van der Waals surface area (Å²) in [4.78, 5) is 13.8. The van der Waals surface area contributed by atoms with Gasteiger partial charge in [0.1, 0.15) is 0 Å². The van der Waals surface area contributed by atoms with Crippen molar-refractivity contribution < 1.29 is 38.4 Å². The van der Waals surface area contributed by atoms with Crippen molar-refractivity contribution in [2.75, 3.05) is 0 Å². The largest absolute Gasteiger partial charge is 0.278 e. The highest BCUT2D eigenvalue weighted by Crippen LogP contribution is 2.49. The van der Waals surface area contributed by atoms with Gasteiger partial charge in [-0.2, -0.15) is 9.97 Å². The van der Waals surface area contributed by atoms with Crippen LogP contribution >= 0.6 is 0 Å². The number of fused-ring (bicyclic) bond motifs is 9. The molecule has 10 aromatic rings. The Morgan fingerprint density at radius 1 is 0.423 bits per heavy atom. The average molecular weight is 691 g/mol. The smallest absolute Gasteiger partial charge is 0.238 e. The van der Waals surface area contributed by atoms with Crippen LogP contribution in [0.1, 0.15) is 61.0 Å². The Balaban J connectivity index is 1.38. The maximum atomic E-state index is 9.71. The van der Waals surface area contributed by atoms with Gasteiger partial charge in [0.05, 0.1) is 49.4 Å². The minimum atomic E-state index is -1.95. The van der Waals surface area contributed by atoms with E-state index in [1.807, 2.05) is 0 Å². The fourth-order valence-electron chi connectivity index (χ4n) is 6.52. The van der Waals surface area contributed by atoms with Crippen molar-refractivity contribution in [1.29, 1.82) is 0 Å². The van der Waals surface area contributed by atoms with Crippen molar-refractivity contribution in [3.05, 3.63) is 192 Å². The minimum absolute atomic E-state index is 0.391. The number of aromatic nitrogens is 4. The third-order valence-electron chi connectivity index (χ3n) is 8.71. The highest BCUT2D eigenvalue weighted by Gasteiger charge is 2.31. The molecule has 1 aliphatic rings. The summed E-state index contributed by atoms with van der Waals surface area (Å²) in [6, 6.07) is -22.3. The third-order valence-corrected chi connectivity index (χ3v) is 8.71. The molecule has 0 radical (unpaired) electrons. The second-order valence-electron chi connectivity index (χ2n) is 11.4. The summed E-state index contributed by atoms with van der Waals surface area (Å²) in [5, 5.41) is -2.76. The molecular weight excluding hydrogens is 633 g/mol. The summed E-state index contributed by atoms with van der Waals surface area (Å²) in [5.74, 6) is -4.48. The van der Waals surface area contributed by atoms with Crippen LogP contribution in [0.3, 0.4) is 0 Å². The monoisotopic (exact) mass is 690 g/mol. The zero-order chi connectivity index (χ0) is 58.5. The summed E-state index contributed by atoms with van der Waals surface area (Å²) in [6.07, 6.45) is 0. The lowest BCUT2D eigenvalue weighted by Crippen LogP contribution is -2.08. The summed E-state index contributed by atoms with van der Waals surface area (Å²) in [7, 11) is 0. The van der Waals surface area contributed by atoms with E-state index >= 15 is 0 Å². The van der Waals surface area contributed by atoms with Gasteiger partial charge in [0.15, 0.2) is 11.6 Å². The van der Waals surface area contributed by atoms with Gasteiger partial charge in [-0.15, -0.1) is 0 Å². The summed E-state index contributed by atoms with van der Waals surface area (Å²) < 4.78 is 252. The SMILES string of the molecule is [2H]c1c([2H])c([2H])c(C2c3c([2H])c([2H])c([2H])c([2H])c3-c3c([2H])c([2H])c([2H])c([2H])c32)c(-c2nc(-c3cc([2H])c4c(c3[2H])c([2H])c([2H])c3c([2H])c([2H])c([2H])c([2H])c34)nc(-n3c4c([2H])c([2H])c([2H])c([2H])c4c4c([2H])c([2H])c([2H])c([2H])c43)n2)c1[2H]. The van der Waals surface area contributed by atoms with Gasteiger partial charge >= 0.3 is 0 Å². The molecule has 0 saturated carbocycles. The number of hydrogen-bond donors (Lipinski definition) is 0. The lowest BCUT2D eigenvalue weighted by molar-refractivity contribution is 0.945. The van der Waals surface area contributed by atoms with Gasteiger partial charge in [-0.25, -0.2) is 4.98 Å². The van der Waals surface area contributed by atoms with Gasteiger partial charge in [-0.1, -0.05) is 157 Å². The molecule has 0 fully saturated rings. The van der Waals surface area contributed by atoms with Crippen LogP contribution in [0.25, 0.3) is 83.2 Å². The second-order valence-corrected chi connectivity index (χ2v) is 11.4. The first-order valence-electron chi connectivity index (χ1n) is 29.5. The molecule has 1 aliphatic carbocycles. The standard InChI is InChI=1S/C48H30N4/c1-2-14-33-30(13-1)25-26-31-29-32(27-28-34(31)33)46-49-47(51-48(50-46)52-43-23-11-9-17-37(43)38-18-10-12-24-44(38)52)42-22-8-7-21-41(42)45-39-19-5-3-15-35(39)36-16-4-6-20-40(36)45/h1-29,45H/i1D,2D,3D,4D,5D,6D,7D,8D,9D,10D,11D,12D,13D,14D,15D,16D,17D,18D,19D,20D,21D,22D,23D,24D,25D,26D,28D,29D. The molecule has 11 rings (SSSR count). The van der Waals surface area contributed by atoms with Crippen LogP contribution in [0.15, 0.2) is 175 Å². The molecule has 8 aromatic carbocycles. The Hall–Kier alpha value is -6.91. The normalized spacial score (nSPS) is 20.1. The van der Waals surface area contributed by atoms with Gasteiger partial charge in [0.2, 0.25) is 5.95 Å². The van der Waals surface area contributed by atoms with E-state index in [4.69, 9.17) is 27.4 Å². The minimum Gasteiger partial charge on any atom is -0.278 e. The van der Waals surface area contributed by atoms with E-state index in [9.17, 15) is 11.0 Å². The van der Waals surface area contributed by atoms with E-state index < -0.39 is 275 Å². The zero-order valence-electron chi connectivity index (χ0n) is 53.9. The van der Waals surface area contributed by atoms with Crippen molar-refractivity contribution in [2.24, 2.45) is 0 Å². The fraction of sp³-hybridized carbons (Fsp3) is 0.0208. The molecule has 0 unspecified atom stereocenters. The van der Waals surface area contributed by atoms with Crippen LogP contribution in [0.2, 0.25) is 0 Å². The number of benzene rings is 8. The highest BCUT2D eigenvalue weighted by atomic mass is 15.2. The molecule has 2 aromatic heterocycles. The molecule has 0 bridgehead atoms. The number of para-hydroxylation sites is 2. The molecule has 52 heavy (non-hydrogen) atoms. The van der Waals surface area contributed by atoms with E-state index in [1.165, 1.54) is 0 Å². The predicted molar refractivity (Wildman–Crippen MR) is 213 cm³/mol. The topological polar surface area (TPSA) is 43.6 Å². The quantitative estimate of drug-likeness (QED) is 0.173. The molecule has 0 aliphatic heterocycles. The van der Waals surface area contributed by atoms with Gasteiger partial charge < -0.3 is 0 Å². The van der Waals surface area contributed by atoms with Crippen molar-refractivity contribution in [1.82, 2.24) is 19.5 Å². The number of rotatable bonds is 4. The molecule has 0 spiro atoms. The third kappa shape index (κ3) is 4.31. The Labute approximate surface area is 339 Å². The second kappa shape index (κ2) is 11.3. The van der Waals surface area contributed by atoms with Gasteiger partial charge in [0.25, 0.3) is 0 Å². The molecule has 0 N–H and O–H groups in total. The van der Waals surface area contributed by atoms with Crippen molar-refractivity contribution in [3.63, 3.8) is 0 Å². The van der Waals surface area contributed by atoms with Crippen LogP contribution in [-0.4, -0.2) is 19.5 Å². The summed E-state index contributed by atoms with van der Waals surface area (Å²) in [6.45, 7) is 0. The maximum absolute atomic E-state index is 9.71. The summed E-state index contributed by atoms with van der Waals surface area (Å²) >= 11 is 0. The Bertz CT molecular complexity index is 4500. The molecule has 2 heterocycles. The number of hydrogen-bond acceptors (Lipinski definition) is 3. The average Bonchev–Trinajstić information content (AvgIpc) is 4.21. The van der Waals surface area contributed by atoms with Crippen LogP contribution in [-0.2, 0) is 0 Å². The molecule has 4 nitrogen and oxygen atoms in total. The Morgan fingerprint density at radius 2 is 0.923 bits per heavy atom. The fourth-order valence-corrected chi connectivity index (χ4v) is 6.52. The van der Waals surface area contributed by atoms with Gasteiger partial charge in [-0.05, 0) is 67.5 Å². The zero-order valence-corrected chi connectivity index (χ0v) is 25.9. The van der Waals surface area contributed by atoms with E-state index in [0.717, 1.165) is 10.6 Å². The molecule has 0 saturated heterocycles. The first-order valence-corrected chi connectivity index (χ1v) is 15.5. The van der Waals surface area contributed by atoms with E-state index in [0.29, 0.717) is 0 Å². The van der Waals surface area contributed by atoms with E-state index in [1.54, 1.807) is 0 Å². The highest BCUT2D eigenvalue weighted by molar-refractivity contribution is 6.09.